The van der Waals surface area contributed by atoms with Crippen LogP contribution in [0, 0.1) is 5.41 Å². The second kappa shape index (κ2) is 11.6. The predicted octanol–water partition coefficient (Wildman–Crippen LogP) is 5.55. The van der Waals surface area contributed by atoms with Gasteiger partial charge in [-0.15, -0.1) is 0 Å². The Morgan fingerprint density at radius 1 is 1.22 bits per heavy atom. The number of alkyl halides is 3. The Kier molecular flexibility index (Phi) is 9.05. The van der Waals surface area contributed by atoms with Crippen molar-refractivity contribution in [3.8, 4) is 0 Å². The molecule has 2 saturated heterocycles. The van der Waals surface area contributed by atoms with E-state index in [0.717, 1.165) is 18.9 Å². The van der Waals surface area contributed by atoms with Crippen LogP contribution < -0.4 is 10.5 Å². The van der Waals surface area contributed by atoms with Gasteiger partial charge in [0.15, 0.2) is 6.23 Å². The van der Waals surface area contributed by atoms with Crippen LogP contribution in [0.3, 0.4) is 0 Å². The molecule has 0 aliphatic carbocycles. The first-order chi connectivity index (χ1) is 17.1. The Hall–Kier alpha value is -2.59. The maximum absolute atomic E-state index is 13.4. The van der Waals surface area contributed by atoms with E-state index in [4.69, 9.17) is 16.3 Å². The van der Waals surface area contributed by atoms with Crippen LogP contribution in [-0.2, 0) is 22.1 Å². The summed E-state index contributed by atoms with van der Waals surface area (Å²) >= 11 is 6.37. The normalized spacial score (nSPS) is 19.8. The van der Waals surface area contributed by atoms with Gasteiger partial charge in [0.25, 0.3) is 5.56 Å². The van der Waals surface area contributed by atoms with Gasteiger partial charge in [-0.1, -0.05) is 43.6 Å². The maximum atomic E-state index is 13.4. The third-order valence-electron chi connectivity index (χ3n) is 6.72. The summed E-state index contributed by atoms with van der Waals surface area (Å²) in [5.41, 5.74) is -2.32. The van der Waals surface area contributed by atoms with E-state index < -0.39 is 34.9 Å². The van der Waals surface area contributed by atoms with E-state index >= 15 is 0 Å². The Labute approximate surface area is 212 Å². The Bertz CT molecular complexity index is 1110. The van der Waals surface area contributed by atoms with Crippen molar-refractivity contribution in [3.05, 3.63) is 57.0 Å². The Morgan fingerprint density at radius 3 is 2.47 bits per heavy atom. The number of rotatable bonds is 5. The number of halogens is 4. The molecule has 0 saturated carbocycles. The van der Waals surface area contributed by atoms with Crippen LogP contribution in [0.1, 0.15) is 63.3 Å². The molecule has 0 bridgehead atoms. The molecule has 0 amide bonds. The number of nitrogens with zero attached hydrogens (tertiary/aromatic N) is 3. The molecule has 2 aliphatic rings. The van der Waals surface area contributed by atoms with Crippen LogP contribution in [0.5, 0.6) is 0 Å². The van der Waals surface area contributed by atoms with Gasteiger partial charge >= 0.3 is 12.1 Å². The molecule has 1 unspecified atom stereocenters. The van der Waals surface area contributed by atoms with E-state index in [9.17, 15) is 27.9 Å². The first kappa shape index (κ1) is 28.0. The number of aliphatic carboxylic acids is 1. The largest absolute Gasteiger partial charge is 0.481 e. The smallest absolute Gasteiger partial charge is 0.416 e. The fourth-order valence-corrected chi connectivity index (χ4v) is 4.99. The summed E-state index contributed by atoms with van der Waals surface area (Å²) in [7, 11) is 0. The zero-order valence-electron chi connectivity index (χ0n) is 20.4. The van der Waals surface area contributed by atoms with E-state index in [1.54, 1.807) is 4.90 Å². The van der Waals surface area contributed by atoms with Crippen LogP contribution in [0.25, 0.3) is 0 Å². The molecule has 36 heavy (non-hydrogen) atoms. The van der Waals surface area contributed by atoms with Crippen molar-refractivity contribution in [2.45, 2.75) is 64.8 Å². The van der Waals surface area contributed by atoms with Crippen LogP contribution >= 0.6 is 11.6 Å². The highest BCUT2D eigenvalue weighted by Crippen LogP contribution is 2.41. The lowest BCUT2D eigenvalue weighted by atomic mass is 9.73. The number of carboxylic acids is 1. The molecule has 2 aromatic rings. The highest BCUT2D eigenvalue weighted by atomic mass is 35.5. The molecular weight excluding hydrogens is 499 g/mol. The quantitative estimate of drug-likeness (QED) is 0.546. The predicted molar refractivity (Wildman–Crippen MR) is 130 cm³/mol. The van der Waals surface area contributed by atoms with Gasteiger partial charge in [0.1, 0.15) is 5.02 Å². The molecule has 1 aromatic heterocycles. The molecule has 2 fully saturated rings. The average Bonchev–Trinajstić information content (AvgIpc) is 2.87. The molecule has 4 rings (SSSR count). The Morgan fingerprint density at radius 2 is 1.89 bits per heavy atom. The number of anilines is 1. The van der Waals surface area contributed by atoms with Crippen LogP contribution in [0.2, 0.25) is 5.02 Å². The fraction of sp³-hybridized carbons (Fsp3) is 0.560. The third-order valence-corrected chi connectivity index (χ3v) is 7.08. The molecule has 7 nitrogen and oxygen atoms in total. The number of aromatic nitrogens is 2. The van der Waals surface area contributed by atoms with Gasteiger partial charge in [-0.2, -0.15) is 23.0 Å². The third kappa shape index (κ3) is 5.86. The zero-order chi connectivity index (χ0) is 26.5. The van der Waals surface area contributed by atoms with Crippen LogP contribution in [-0.4, -0.2) is 40.6 Å². The SMILES string of the molecule is CC.O=C(O)C1(Cc2ccccc2C(F)(F)F)CCN(c2cnn(C3CCCCO3)c(=O)c2Cl)CC1. The Balaban J connectivity index is 0.00000176. The van der Waals surface area contributed by atoms with Gasteiger partial charge in [-0.3, -0.25) is 9.59 Å². The number of benzene rings is 1. The monoisotopic (exact) mass is 529 g/mol. The molecule has 11 heteroatoms. The van der Waals surface area contributed by atoms with Crippen LogP contribution in [0.4, 0.5) is 18.9 Å². The number of hydrogen-bond acceptors (Lipinski definition) is 5. The molecule has 3 heterocycles. The molecule has 1 atom stereocenters. The van der Waals surface area contributed by atoms with Crippen molar-refractivity contribution in [3.63, 3.8) is 0 Å². The van der Waals surface area contributed by atoms with Gasteiger partial charge in [-0.25, -0.2) is 0 Å². The lowest BCUT2D eigenvalue weighted by Gasteiger charge is -2.40. The molecule has 198 valence electrons. The molecule has 0 radical (unpaired) electrons. The first-order valence-corrected chi connectivity index (χ1v) is 12.5. The fourth-order valence-electron chi connectivity index (χ4n) is 4.74. The van der Waals surface area contributed by atoms with Crippen molar-refractivity contribution in [1.82, 2.24) is 9.78 Å². The summed E-state index contributed by atoms with van der Waals surface area (Å²) in [5, 5.41) is 14.2. The number of hydrogen-bond donors (Lipinski definition) is 1. The average molecular weight is 530 g/mol. The van der Waals surface area contributed by atoms with Gasteiger partial charge < -0.3 is 14.7 Å². The van der Waals surface area contributed by atoms with Crippen molar-refractivity contribution in [1.29, 1.82) is 0 Å². The minimum Gasteiger partial charge on any atom is -0.481 e. The summed E-state index contributed by atoms with van der Waals surface area (Å²) in [6.45, 7) is 4.97. The minimum atomic E-state index is -4.57. The summed E-state index contributed by atoms with van der Waals surface area (Å²) in [4.78, 5) is 26.8. The lowest BCUT2D eigenvalue weighted by Crippen LogP contribution is -2.46. The van der Waals surface area contributed by atoms with Crippen molar-refractivity contribution >= 4 is 23.3 Å². The highest BCUT2D eigenvalue weighted by Gasteiger charge is 2.44. The number of ether oxygens (including phenoxy) is 1. The molecule has 0 spiro atoms. The lowest BCUT2D eigenvalue weighted by molar-refractivity contribution is -0.151. The van der Waals surface area contributed by atoms with Crippen molar-refractivity contribution in [2.24, 2.45) is 5.41 Å². The van der Waals surface area contributed by atoms with E-state index in [1.807, 2.05) is 13.8 Å². The van der Waals surface area contributed by atoms with E-state index in [1.165, 1.54) is 29.1 Å². The van der Waals surface area contributed by atoms with E-state index in [0.29, 0.717) is 18.7 Å². The molecule has 1 N–H and O–H groups in total. The van der Waals surface area contributed by atoms with E-state index in [2.05, 4.69) is 5.10 Å². The van der Waals surface area contributed by atoms with Gasteiger partial charge in [0.05, 0.1) is 22.9 Å². The number of carbonyl (C=O) groups is 1. The second-order valence-electron chi connectivity index (χ2n) is 8.82. The van der Waals surface area contributed by atoms with Crippen molar-refractivity contribution < 1.29 is 27.8 Å². The summed E-state index contributed by atoms with van der Waals surface area (Å²) in [5.74, 6) is -1.14. The van der Waals surface area contributed by atoms with E-state index in [-0.39, 0.29) is 42.9 Å². The molecule has 2 aliphatic heterocycles. The van der Waals surface area contributed by atoms with Gasteiger partial charge in [0, 0.05) is 19.7 Å². The summed E-state index contributed by atoms with van der Waals surface area (Å²) in [6, 6.07) is 5.06. The standard InChI is InChI=1S/C23H25ClF3N3O4.C2H6/c24-19-17(14-28-30(20(19)31)18-7-3-4-12-34-18)29-10-8-22(9-11-29,21(32)33)13-15-5-1-2-6-16(15)23(25,26)27;1-2/h1-2,5-6,14,18H,3-4,7-13H2,(H,32,33);1-2H3. The number of carboxylic acid groups (broad SMARTS) is 1. The molecular formula is C25H31ClF3N3O4. The highest BCUT2D eigenvalue weighted by molar-refractivity contribution is 6.33. The minimum absolute atomic E-state index is 0.0329. The second-order valence-corrected chi connectivity index (χ2v) is 9.20. The maximum Gasteiger partial charge on any atom is 0.416 e. The number of piperidine rings is 1. The first-order valence-electron chi connectivity index (χ1n) is 12.1. The summed E-state index contributed by atoms with van der Waals surface area (Å²) in [6.07, 6.45) is -1.12. The van der Waals surface area contributed by atoms with Gasteiger partial charge in [0.2, 0.25) is 0 Å². The van der Waals surface area contributed by atoms with Crippen molar-refractivity contribution in [2.75, 3.05) is 24.6 Å². The van der Waals surface area contributed by atoms with Gasteiger partial charge in [-0.05, 0) is 50.2 Å². The summed E-state index contributed by atoms with van der Waals surface area (Å²) < 4.78 is 47.2. The zero-order valence-corrected chi connectivity index (χ0v) is 21.1. The topological polar surface area (TPSA) is 84.7 Å². The van der Waals surface area contributed by atoms with Crippen LogP contribution in [0.15, 0.2) is 35.3 Å². The molecule has 1 aromatic carbocycles.